The van der Waals surface area contributed by atoms with Gasteiger partial charge in [0, 0.05) is 22.7 Å². The Labute approximate surface area is 283 Å². The number of rotatable bonds is 15. The standard InChI is InChI=1S/C41H45N3O4/c1-4-6-26-47-40(45)34(27-29(3)30-16-10-7-11-17-30)28-35(5-2)42-41(46)48-36-24-22-33(23-25-36)39-43-37(31-18-12-8-13-19-31)38(44-39)32-20-14-9-15-21-32/h7-25,29,34-35H,4-6,26-28H2,1-3H3,(H,42,46)(H,43,44). The molecule has 1 amide bonds. The summed E-state index contributed by atoms with van der Waals surface area (Å²) in [6, 6.07) is 37.4. The minimum absolute atomic E-state index is 0.166. The number of hydrogen-bond acceptors (Lipinski definition) is 5. The van der Waals surface area contributed by atoms with Crippen molar-refractivity contribution in [2.45, 2.75) is 64.8 Å². The highest BCUT2D eigenvalue weighted by atomic mass is 16.6. The predicted octanol–water partition coefficient (Wildman–Crippen LogP) is 9.82. The van der Waals surface area contributed by atoms with E-state index in [9.17, 15) is 9.59 Å². The smallest absolute Gasteiger partial charge is 0.412 e. The maximum Gasteiger partial charge on any atom is 0.412 e. The Kier molecular flexibility index (Phi) is 12.2. The van der Waals surface area contributed by atoms with Crippen molar-refractivity contribution in [3.63, 3.8) is 0 Å². The van der Waals surface area contributed by atoms with Gasteiger partial charge in [-0.2, -0.15) is 0 Å². The number of nitrogens with zero attached hydrogens (tertiary/aromatic N) is 1. The van der Waals surface area contributed by atoms with Gasteiger partial charge in [0.25, 0.3) is 0 Å². The summed E-state index contributed by atoms with van der Waals surface area (Å²) in [6.07, 6.45) is 2.98. The fourth-order valence-electron chi connectivity index (χ4n) is 5.85. The van der Waals surface area contributed by atoms with Crippen LogP contribution in [0.5, 0.6) is 5.75 Å². The molecular formula is C41H45N3O4. The number of aromatic nitrogens is 2. The molecule has 0 radical (unpaired) electrons. The van der Waals surface area contributed by atoms with Gasteiger partial charge in [0.2, 0.25) is 0 Å². The zero-order valence-corrected chi connectivity index (χ0v) is 28.0. The van der Waals surface area contributed by atoms with E-state index in [0.717, 1.165) is 46.7 Å². The van der Waals surface area contributed by atoms with Crippen LogP contribution in [-0.4, -0.2) is 34.7 Å². The van der Waals surface area contributed by atoms with Gasteiger partial charge in [0.05, 0.1) is 23.9 Å². The Balaban J connectivity index is 1.25. The van der Waals surface area contributed by atoms with E-state index in [-0.39, 0.29) is 23.8 Å². The fraction of sp³-hybridized carbons (Fsp3) is 0.293. The highest BCUT2D eigenvalue weighted by Crippen LogP contribution is 2.33. The molecule has 2 N–H and O–H groups in total. The van der Waals surface area contributed by atoms with Crippen LogP contribution in [-0.2, 0) is 9.53 Å². The molecule has 0 fully saturated rings. The van der Waals surface area contributed by atoms with Crippen LogP contribution in [0.1, 0.15) is 64.4 Å². The van der Waals surface area contributed by atoms with Crippen LogP contribution in [0.15, 0.2) is 115 Å². The average Bonchev–Trinajstić information content (AvgIpc) is 3.58. The summed E-state index contributed by atoms with van der Waals surface area (Å²) < 4.78 is 11.3. The molecule has 7 nitrogen and oxygen atoms in total. The molecule has 0 saturated carbocycles. The van der Waals surface area contributed by atoms with E-state index in [1.54, 1.807) is 12.1 Å². The van der Waals surface area contributed by atoms with E-state index in [4.69, 9.17) is 14.5 Å². The number of nitrogens with one attached hydrogen (secondary N) is 2. The average molecular weight is 644 g/mol. The van der Waals surface area contributed by atoms with Crippen molar-refractivity contribution >= 4 is 12.1 Å². The number of esters is 1. The monoisotopic (exact) mass is 643 g/mol. The van der Waals surface area contributed by atoms with Crippen molar-refractivity contribution in [3.8, 4) is 39.7 Å². The van der Waals surface area contributed by atoms with E-state index in [1.807, 2.05) is 85.8 Å². The molecule has 3 unspecified atom stereocenters. The van der Waals surface area contributed by atoms with Gasteiger partial charge >= 0.3 is 12.1 Å². The van der Waals surface area contributed by atoms with E-state index >= 15 is 0 Å². The first-order valence-corrected chi connectivity index (χ1v) is 17.0. The van der Waals surface area contributed by atoms with Crippen LogP contribution in [0, 0.1) is 5.92 Å². The molecule has 4 aromatic carbocycles. The molecule has 0 aliphatic heterocycles. The van der Waals surface area contributed by atoms with E-state index in [1.165, 1.54) is 5.56 Å². The van der Waals surface area contributed by atoms with Crippen LogP contribution >= 0.6 is 0 Å². The molecule has 0 aliphatic rings. The minimum atomic E-state index is -0.556. The summed E-state index contributed by atoms with van der Waals surface area (Å²) in [4.78, 5) is 34.7. The second-order valence-corrected chi connectivity index (χ2v) is 12.2. The lowest BCUT2D eigenvalue weighted by Crippen LogP contribution is -2.39. The second-order valence-electron chi connectivity index (χ2n) is 12.2. The number of ether oxygens (including phenoxy) is 2. The van der Waals surface area contributed by atoms with E-state index in [2.05, 4.69) is 48.4 Å². The normalized spacial score (nSPS) is 12.9. The molecular weight excluding hydrogens is 598 g/mol. The summed E-state index contributed by atoms with van der Waals surface area (Å²) in [5, 5.41) is 2.99. The molecule has 1 heterocycles. The third kappa shape index (κ3) is 9.22. The Morgan fingerprint density at radius 1 is 0.771 bits per heavy atom. The van der Waals surface area contributed by atoms with Gasteiger partial charge in [-0.05, 0) is 61.4 Å². The molecule has 7 heteroatoms. The third-order valence-corrected chi connectivity index (χ3v) is 8.62. The van der Waals surface area contributed by atoms with Gasteiger partial charge in [0.15, 0.2) is 0 Å². The first-order valence-electron chi connectivity index (χ1n) is 17.0. The van der Waals surface area contributed by atoms with E-state index in [0.29, 0.717) is 31.6 Å². The van der Waals surface area contributed by atoms with Crippen LogP contribution in [0.4, 0.5) is 4.79 Å². The Hall–Kier alpha value is -5.17. The Morgan fingerprint density at radius 2 is 1.40 bits per heavy atom. The second kappa shape index (κ2) is 17.1. The Bertz CT molecular complexity index is 1660. The van der Waals surface area contributed by atoms with Crippen molar-refractivity contribution in [3.05, 3.63) is 121 Å². The van der Waals surface area contributed by atoms with Gasteiger partial charge in [0.1, 0.15) is 11.6 Å². The summed E-state index contributed by atoms with van der Waals surface area (Å²) in [7, 11) is 0. The topological polar surface area (TPSA) is 93.3 Å². The zero-order chi connectivity index (χ0) is 33.7. The van der Waals surface area contributed by atoms with Crippen molar-refractivity contribution in [2.24, 2.45) is 5.92 Å². The molecule has 0 spiro atoms. The molecule has 0 bridgehead atoms. The first kappa shape index (κ1) is 34.2. The molecule has 3 atom stereocenters. The number of hydrogen-bond donors (Lipinski definition) is 2. The maximum absolute atomic E-state index is 13.2. The van der Waals surface area contributed by atoms with Gasteiger partial charge in [-0.15, -0.1) is 0 Å². The number of carbonyl (C=O) groups is 2. The van der Waals surface area contributed by atoms with E-state index < -0.39 is 6.09 Å². The number of aromatic amines is 1. The molecule has 248 valence electrons. The van der Waals surface area contributed by atoms with Crippen LogP contribution < -0.4 is 10.1 Å². The van der Waals surface area contributed by atoms with Crippen LogP contribution in [0.3, 0.4) is 0 Å². The van der Waals surface area contributed by atoms with Gasteiger partial charge in [-0.1, -0.05) is 118 Å². The highest BCUT2D eigenvalue weighted by molar-refractivity contribution is 5.81. The summed E-state index contributed by atoms with van der Waals surface area (Å²) in [5.41, 5.74) is 5.91. The number of amides is 1. The Morgan fingerprint density at radius 3 is 2.02 bits per heavy atom. The first-order chi connectivity index (χ1) is 23.4. The molecule has 5 aromatic rings. The number of carbonyl (C=O) groups excluding carboxylic acids is 2. The van der Waals surface area contributed by atoms with Gasteiger partial charge in [-0.25, -0.2) is 9.78 Å². The number of benzene rings is 4. The largest absolute Gasteiger partial charge is 0.465 e. The van der Waals surface area contributed by atoms with Crippen molar-refractivity contribution in [1.82, 2.24) is 15.3 Å². The zero-order valence-electron chi connectivity index (χ0n) is 28.0. The maximum atomic E-state index is 13.2. The number of H-pyrrole nitrogens is 1. The van der Waals surface area contributed by atoms with Crippen LogP contribution in [0.2, 0.25) is 0 Å². The van der Waals surface area contributed by atoms with Crippen LogP contribution in [0.25, 0.3) is 33.9 Å². The lowest BCUT2D eigenvalue weighted by atomic mass is 9.86. The lowest BCUT2D eigenvalue weighted by molar-refractivity contribution is -0.149. The quantitative estimate of drug-likeness (QED) is 0.0875. The lowest BCUT2D eigenvalue weighted by Gasteiger charge is -2.25. The van der Waals surface area contributed by atoms with Crippen molar-refractivity contribution in [1.29, 1.82) is 0 Å². The number of unbranched alkanes of at least 4 members (excludes halogenated alkanes) is 1. The molecule has 0 saturated heterocycles. The number of imidazole rings is 1. The highest BCUT2D eigenvalue weighted by Gasteiger charge is 2.27. The SMILES string of the molecule is CCCCOC(=O)C(CC(CC)NC(=O)Oc1ccc(-c2nc(-c3ccccc3)c(-c3ccccc3)[nH]2)cc1)CC(C)c1ccccc1. The van der Waals surface area contributed by atoms with Crippen molar-refractivity contribution < 1.29 is 19.1 Å². The fourth-order valence-corrected chi connectivity index (χ4v) is 5.85. The summed E-state index contributed by atoms with van der Waals surface area (Å²) >= 11 is 0. The minimum Gasteiger partial charge on any atom is -0.465 e. The summed E-state index contributed by atoms with van der Waals surface area (Å²) in [6.45, 7) is 6.60. The van der Waals surface area contributed by atoms with Gasteiger partial charge in [-0.3, -0.25) is 4.79 Å². The predicted molar refractivity (Wildman–Crippen MR) is 192 cm³/mol. The summed E-state index contributed by atoms with van der Waals surface area (Å²) in [5.74, 6) is 0.740. The molecule has 1 aromatic heterocycles. The third-order valence-electron chi connectivity index (χ3n) is 8.62. The molecule has 48 heavy (non-hydrogen) atoms. The molecule has 0 aliphatic carbocycles. The van der Waals surface area contributed by atoms with Crippen molar-refractivity contribution in [2.75, 3.05) is 6.61 Å². The molecule has 5 rings (SSSR count). The van der Waals surface area contributed by atoms with Gasteiger partial charge < -0.3 is 19.8 Å².